The fourth-order valence-electron chi connectivity index (χ4n) is 11.9. The third-order valence-corrected chi connectivity index (χ3v) is 19.1. The summed E-state index contributed by atoms with van der Waals surface area (Å²) in [5.74, 6) is -0.804. The summed E-state index contributed by atoms with van der Waals surface area (Å²) in [6.07, 6.45) is 107. The number of ether oxygens (including phenoxy) is 2. The van der Waals surface area contributed by atoms with E-state index in [1.807, 2.05) is 21.1 Å². The van der Waals surface area contributed by atoms with Crippen LogP contribution >= 0.6 is 7.82 Å². The van der Waals surface area contributed by atoms with Crippen molar-refractivity contribution in [3.8, 4) is 0 Å². The van der Waals surface area contributed by atoms with E-state index in [-0.39, 0.29) is 32.0 Å². The van der Waals surface area contributed by atoms with E-state index in [0.717, 1.165) is 109 Å². The Morgan fingerprint density at radius 3 is 0.885 bits per heavy atom. The molecular weight excluding hydrogens is 1210 g/mol. The van der Waals surface area contributed by atoms with Crippen LogP contribution in [0.5, 0.6) is 0 Å². The van der Waals surface area contributed by atoms with Gasteiger partial charge in [-0.15, -0.1) is 0 Å². The number of rotatable bonds is 76. The molecule has 2 unspecified atom stereocenters. The Bertz CT molecular complexity index is 1940. The van der Waals surface area contributed by atoms with Crippen molar-refractivity contribution >= 4 is 19.8 Å². The Labute approximate surface area is 595 Å². The minimum absolute atomic E-state index is 0.0255. The van der Waals surface area contributed by atoms with Crippen LogP contribution in [0.3, 0.4) is 0 Å². The van der Waals surface area contributed by atoms with Crippen LogP contribution < -0.4 is 0 Å². The molecule has 0 radical (unpaired) electrons. The van der Waals surface area contributed by atoms with E-state index in [4.69, 9.17) is 18.5 Å². The number of allylic oxidation sites excluding steroid dienone is 16. The van der Waals surface area contributed by atoms with Crippen LogP contribution in [0, 0.1) is 0 Å². The van der Waals surface area contributed by atoms with Gasteiger partial charge in [-0.05, 0) is 77.0 Å². The molecule has 0 aromatic carbocycles. The van der Waals surface area contributed by atoms with Crippen molar-refractivity contribution in [2.75, 3.05) is 47.5 Å². The minimum Gasteiger partial charge on any atom is -0.462 e. The molecule has 558 valence electrons. The summed E-state index contributed by atoms with van der Waals surface area (Å²) in [6, 6.07) is 0. The second-order valence-corrected chi connectivity index (χ2v) is 30.2. The van der Waals surface area contributed by atoms with E-state index < -0.39 is 26.5 Å². The quantitative estimate of drug-likeness (QED) is 0.0211. The minimum atomic E-state index is -4.41. The van der Waals surface area contributed by atoms with Gasteiger partial charge in [-0.2, -0.15) is 0 Å². The van der Waals surface area contributed by atoms with Gasteiger partial charge in [0, 0.05) is 12.8 Å². The third kappa shape index (κ3) is 79.9. The molecule has 0 aliphatic rings. The van der Waals surface area contributed by atoms with Crippen LogP contribution in [-0.4, -0.2) is 74.9 Å². The lowest BCUT2D eigenvalue weighted by atomic mass is 10.0. The van der Waals surface area contributed by atoms with Crippen LogP contribution in [0.15, 0.2) is 97.2 Å². The van der Waals surface area contributed by atoms with E-state index in [0.29, 0.717) is 17.4 Å². The molecule has 96 heavy (non-hydrogen) atoms. The summed E-state index contributed by atoms with van der Waals surface area (Å²) < 4.78 is 34.8. The first-order valence-electron chi connectivity index (χ1n) is 41.0. The number of unbranched alkanes of at least 4 members (excludes halogenated alkanes) is 46. The molecule has 0 amide bonds. The first-order valence-corrected chi connectivity index (χ1v) is 42.5. The molecule has 2 atom stereocenters. The lowest BCUT2D eigenvalue weighted by Crippen LogP contribution is -2.37. The average molecular weight is 1360 g/mol. The molecule has 0 saturated heterocycles. The van der Waals surface area contributed by atoms with Crippen LogP contribution in [0.4, 0.5) is 0 Å². The van der Waals surface area contributed by atoms with Gasteiger partial charge < -0.3 is 18.9 Å². The van der Waals surface area contributed by atoms with Crippen molar-refractivity contribution in [1.29, 1.82) is 0 Å². The second kappa shape index (κ2) is 76.1. The molecule has 9 nitrogen and oxygen atoms in total. The number of hydrogen-bond acceptors (Lipinski definition) is 7. The normalized spacial score (nSPS) is 13.5. The maximum absolute atomic E-state index is 12.9. The van der Waals surface area contributed by atoms with E-state index in [2.05, 4.69) is 111 Å². The second-order valence-electron chi connectivity index (χ2n) is 28.8. The molecule has 0 aliphatic heterocycles. The predicted molar refractivity (Wildman–Crippen MR) is 418 cm³/mol. The van der Waals surface area contributed by atoms with Crippen molar-refractivity contribution in [2.24, 2.45) is 0 Å². The highest BCUT2D eigenvalue weighted by atomic mass is 31.2. The van der Waals surface area contributed by atoms with Crippen molar-refractivity contribution in [2.45, 2.75) is 392 Å². The summed E-state index contributed by atoms with van der Waals surface area (Å²) in [7, 11) is 1.47. The van der Waals surface area contributed by atoms with Crippen molar-refractivity contribution in [1.82, 2.24) is 0 Å². The zero-order valence-electron chi connectivity index (χ0n) is 63.9. The molecule has 0 aromatic rings. The van der Waals surface area contributed by atoms with Gasteiger partial charge in [0.1, 0.15) is 19.8 Å². The number of hydrogen-bond donors (Lipinski definition) is 1. The molecule has 0 bridgehead atoms. The summed E-state index contributed by atoms with van der Waals surface area (Å²) in [4.78, 5) is 36.0. The molecular formula is C86H157NO8P+. The smallest absolute Gasteiger partial charge is 0.462 e. The van der Waals surface area contributed by atoms with Crippen LogP contribution in [-0.2, 0) is 32.7 Å². The number of phosphoric acid groups is 1. The Hall–Kier alpha value is -3.07. The van der Waals surface area contributed by atoms with Crippen molar-refractivity contribution in [3.63, 3.8) is 0 Å². The third-order valence-electron chi connectivity index (χ3n) is 18.1. The SMILES string of the molecule is CC/C=C\C/C=C\C/C=C\C/C=C\C/C=C\C/C=C\C/C=C\C/C=C\CCCCCCCCC(=O)OC(COC(=O)CCCCCCCCCCCCCCCCCCCCCCCCCCCCCCCCCCCCCCCCCCC)COP(=O)(O)OCC[N+](C)(C)C. The number of nitrogens with zero attached hydrogens (tertiary/aromatic N) is 1. The van der Waals surface area contributed by atoms with Gasteiger partial charge >= 0.3 is 19.8 Å². The molecule has 0 saturated carbocycles. The van der Waals surface area contributed by atoms with Gasteiger partial charge in [-0.3, -0.25) is 18.6 Å². The van der Waals surface area contributed by atoms with Crippen molar-refractivity contribution < 1.29 is 42.1 Å². The Morgan fingerprint density at radius 1 is 0.333 bits per heavy atom. The maximum Gasteiger partial charge on any atom is 0.472 e. The van der Waals surface area contributed by atoms with Gasteiger partial charge in [-0.25, -0.2) is 4.57 Å². The molecule has 10 heteroatoms. The lowest BCUT2D eigenvalue weighted by Gasteiger charge is -2.24. The molecule has 0 aromatic heterocycles. The number of likely N-dealkylation sites (N-methyl/N-ethyl adjacent to an activating group) is 1. The number of quaternary nitrogens is 1. The van der Waals surface area contributed by atoms with Gasteiger partial charge in [-0.1, -0.05) is 394 Å². The number of esters is 2. The summed E-state index contributed by atoms with van der Waals surface area (Å²) in [5, 5.41) is 0. The van der Waals surface area contributed by atoms with Crippen LogP contribution in [0.2, 0.25) is 0 Å². The van der Waals surface area contributed by atoms with Gasteiger partial charge in [0.25, 0.3) is 0 Å². The van der Waals surface area contributed by atoms with E-state index >= 15 is 0 Å². The number of carbonyl (C=O) groups is 2. The first-order chi connectivity index (χ1) is 47.0. The fourth-order valence-corrected chi connectivity index (χ4v) is 12.7. The molecule has 0 heterocycles. The summed E-state index contributed by atoms with van der Waals surface area (Å²) in [6.45, 7) is 4.35. The van der Waals surface area contributed by atoms with Crippen LogP contribution in [0.1, 0.15) is 386 Å². The Kier molecular flexibility index (Phi) is 73.7. The van der Waals surface area contributed by atoms with Crippen molar-refractivity contribution in [3.05, 3.63) is 97.2 Å². The summed E-state index contributed by atoms with van der Waals surface area (Å²) >= 11 is 0. The van der Waals surface area contributed by atoms with Gasteiger partial charge in [0.05, 0.1) is 27.7 Å². The average Bonchev–Trinajstić information content (AvgIpc) is 1.97. The highest BCUT2D eigenvalue weighted by molar-refractivity contribution is 7.47. The molecule has 0 aliphatic carbocycles. The zero-order chi connectivity index (χ0) is 69.7. The molecule has 0 rings (SSSR count). The number of carbonyl (C=O) groups excluding carboxylic acids is 2. The fraction of sp³-hybridized carbons (Fsp3) is 0.791. The highest BCUT2D eigenvalue weighted by Gasteiger charge is 2.27. The molecule has 0 fully saturated rings. The zero-order valence-corrected chi connectivity index (χ0v) is 64.7. The standard InChI is InChI=1S/C86H156NO8P/c1-6-8-10-12-14-16-18-20-22-24-26-28-30-32-34-36-38-39-40-41-42-43-44-45-46-47-49-50-52-54-56-58-60-62-64-66-68-70-72-74-76-78-85(88)92-82-84(83-94-96(90,91)93-81-80-87(3,4)5)95-86(89)79-77-75-73-71-69-67-65-63-61-59-57-55-53-51-48-37-35-33-31-29-27-25-23-21-19-17-15-13-11-9-7-2/h9,11,15,17,21,23,27,29,33,35,48,51,55,57,61,63,84H,6-8,10,12-14,16,18-20,22,24-26,28,30-32,34,36-47,49-50,52-54,56,58-60,62,64-83H2,1-5H3/p+1/b11-9-,17-15-,23-21-,29-27-,35-33-,51-48-,57-55-,63-61-. The van der Waals surface area contributed by atoms with Gasteiger partial charge in [0.15, 0.2) is 6.10 Å². The Morgan fingerprint density at radius 2 is 0.594 bits per heavy atom. The maximum atomic E-state index is 12.9. The molecule has 1 N–H and O–H groups in total. The molecule has 0 spiro atoms. The van der Waals surface area contributed by atoms with E-state index in [9.17, 15) is 19.0 Å². The monoisotopic (exact) mass is 1360 g/mol. The highest BCUT2D eigenvalue weighted by Crippen LogP contribution is 2.43. The first kappa shape index (κ1) is 92.9. The predicted octanol–water partition coefficient (Wildman–Crippen LogP) is 27.4. The largest absolute Gasteiger partial charge is 0.472 e. The van der Waals surface area contributed by atoms with Gasteiger partial charge in [0.2, 0.25) is 0 Å². The number of phosphoric ester groups is 1. The topological polar surface area (TPSA) is 108 Å². The summed E-state index contributed by atoms with van der Waals surface area (Å²) in [5.41, 5.74) is 0. The lowest BCUT2D eigenvalue weighted by molar-refractivity contribution is -0.870. The van der Waals surface area contributed by atoms with Crippen LogP contribution in [0.25, 0.3) is 0 Å². The Balaban J connectivity index is 3.94. The van der Waals surface area contributed by atoms with E-state index in [1.54, 1.807) is 0 Å². The van der Waals surface area contributed by atoms with E-state index in [1.165, 1.54) is 244 Å².